The number of aromatic nitrogens is 2. The molecule has 21 N–H and O–H groups in total. The van der Waals surface area contributed by atoms with Crippen molar-refractivity contribution >= 4 is 73.2 Å². The Bertz CT molecular complexity index is 2160. The molecule has 0 saturated carbocycles. The number of aldehydes is 1. The maximum Gasteiger partial charge on any atom is 0.469 e. The summed E-state index contributed by atoms with van der Waals surface area (Å²) in [6.07, 6.45) is -0.634. The highest BCUT2D eigenvalue weighted by molar-refractivity contribution is 7.46. The van der Waals surface area contributed by atoms with Gasteiger partial charge in [-0.2, -0.15) is 0 Å². The van der Waals surface area contributed by atoms with Crippen molar-refractivity contribution in [3.63, 3.8) is 0 Å². The maximum atomic E-state index is 14.1. The van der Waals surface area contributed by atoms with Crippen LogP contribution in [0.2, 0.25) is 0 Å². The first-order valence-electron chi connectivity index (χ1n) is 22.7. The van der Waals surface area contributed by atoms with Gasteiger partial charge in [0.1, 0.15) is 48.6 Å². The molecule has 1 fully saturated rings. The number of imidazole rings is 1. The van der Waals surface area contributed by atoms with E-state index in [1.54, 1.807) is 13.8 Å². The fourth-order valence-corrected chi connectivity index (χ4v) is 7.37. The molecule has 1 aromatic heterocycles. The van der Waals surface area contributed by atoms with E-state index in [9.17, 15) is 77.6 Å². The predicted molar refractivity (Wildman–Crippen MR) is 252 cm³/mol. The fraction of sp³-hybridized carbons (Fsp3) is 0.650. The van der Waals surface area contributed by atoms with Crippen molar-refractivity contribution in [2.75, 3.05) is 26.3 Å². The zero-order chi connectivity index (χ0) is 55.3. The number of aromatic amines is 1. The maximum absolute atomic E-state index is 14.1. The molecule has 73 heavy (non-hydrogen) atoms. The molecular formula is C40H68N15O17P. The Morgan fingerprint density at radius 1 is 0.836 bits per heavy atom. The minimum atomic E-state index is -5.40. The van der Waals surface area contributed by atoms with Gasteiger partial charge in [0, 0.05) is 31.4 Å². The summed E-state index contributed by atoms with van der Waals surface area (Å²) in [5, 5.41) is 46.8. The average molecular weight is 1060 g/mol. The lowest BCUT2D eigenvalue weighted by Gasteiger charge is -2.32. The Morgan fingerprint density at radius 3 is 1.95 bits per heavy atom. The second-order valence-electron chi connectivity index (χ2n) is 17.3. The number of aliphatic hydroxyl groups is 3. The van der Waals surface area contributed by atoms with Crippen LogP contribution in [0.15, 0.2) is 17.5 Å². The van der Waals surface area contributed by atoms with Crippen LogP contribution in [0.5, 0.6) is 0 Å². The summed E-state index contributed by atoms with van der Waals surface area (Å²) in [5.41, 5.74) is 22.3. The van der Waals surface area contributed by atoms with Crippen molar-refractivity contribution in [1.82, 2.24) is 52.1 Å². The van der Waals surface area contributed by atoms with Crippen LogP contribution in [-0.2, 0) is 63.5 Å². The SMILES string of the molecule is CC(C)[C@H](NC(=O)[C@H](CC(N)=O)NC(=O)[C@@H]1CCCN1C(=O)[C@@H](NC(=O)[C@H](COP(=O)(O)O)NC(=O)[C@@H](NC(=O)[C@H](CO)NC(=O)[C@@H](N)CCCN=C(N)N)[C@@H](C)O)[C@@H](C)O)C(=O)N[C@H](C=O)Cc1cnc[nH]1. The van der Waals surface area contributed by atoms with Crippen LogP contribution in [0.3, 0.4) is 0 Å². The number of rotatable bonds is 31. The third-order valence-electron chi connectivity index (χ3n) is 10.9. The van der Waals surface area contributed by atoms with Crippen LogP contribution >= 0.6 is 7.82 Å². The predicted octanol–water partition coefficient (Wildman–Crippen LogP) is -8.69. The van der Waals surface area contributed by atoms with Gasteiger partial charge in [0.25, 0.3) is 0 Å². The normalized spacial score (nSPS) is 17.6. The molecule has 0 bridgehead atoms. The van der Waals surface area contributed by atoms with E-state index in [0.717, 1.165) is 18.7 Å². The van der Waals surface area contributed by atoms with Crippen molar-refractivity contribution in [3.05, 3.63) is 18.2 Å². The second kappa shape index (κ2) is 29.7. The molecule has 2 heterocycles. The molecule has 0 aliphatic carbocycles. The number of aliphatic imine (C=N–C) groups is 1. The van der Waals surface area contributed by atoms with Crippen LogP contribution in [0.1, 0.15) is 65.5 Å². The fourth-order valence-electron chi connectivity index (χ4n) is 7.03. The average Bonchev–Trinajstić information content (AvgIpc) is 4.02. The van der Waals surface area contributed by atoms with Gasteiger partial charge in [0.05, 0.1) is 50.3 Å². The first-order chi connectivity index (χ1) is 34.1. The number of amides is 9. The summed E-state index contributed by atoms with van der Waals surface area (Å²) in [6.45, 7) is 2.80. The minimum Gasteiger partial charge on any atom is -0.394 e. The highest BCUT2D eigenvalue weighted by Crippen LogP contribution is 2.35. The molecule has 9 amide bonds. The van der Waals surface area contributed by atoms with E-state index in [-0.39, 0.29) is 51.2 Å². The molecule has 33 heteroatoms. The van der Waals surface area contributed by atoms with Crippen LogP contribution in [0.4, 0.5) is 0 Å². The molecule has 1 aliphatic heterocycles. The van der Waals surface area contributed by atoms with Crippen LogP contribution in [0, 0.1) is 5.92 Å². The van der Waals surface area contributed by atoms with Crippen molar-refractivity contribution < 1.29 is 82.1 Å². The summed E-state index contributed by atoms with van der Waals surface area (Å²) < 4.78 is 16.1. The highest BCUT2D eigenvalue weighted by Gasteiger charge is 2.42. The number of hydrogen-bond acceptors (Lipinski definition) is 18. The summed E-state index contributed by atoms with van der Waals surface area (Å²) in [7, 11) is -5.40. The first kappa shape index (κ1) is 62.4. The van der Waals surface area contributed by atoms with E-state index in [4.69, 9.17) is 22.9 Å². The number of likely N-dealkylation sites (tertiary alicyclic amines) is 1. The molecule has 2 rings (SSSR count). The molecule has 0 radical (unpaired) electrons. The monoisotopic (exact) mass is 1060 g/mol. The number of nitrogens with two attached hydrogens (primary N) is 4. The Morgan fingerprint density at radius 2 is 1.41 bits per heavy atom. The number of phosphoric acid groups is 1. The molecule has 1 aliphatic rings. The van der Waals surface area contributed by atoms with E-state index in [1.165, 1.54) is 12.5 Å². The van der Waals surface area contributed by atoms with Crippen LogP contribution in [-0.4, -0.2) is 198 Å². The molecule has 1 aromatic rings. The zero-order valence-corrected chi connectivity index (χ0v) is 41.4. The lowest BCUT2D eigenvalue weighted by atomic mass is 10.0. The van der Waals surface area contributed by atoms with E-state index < -0.39 is 153 Å². The van der Waals surface area contributed by atoms with Gasteiger partial charge in [-0.3, -0.25) is 52.7 Å². The molecule has 0 spiro atoms. The number of H-pyrrole nitrogens is 1. The van der Waals surface area contributed by atoms with Gasteiger partial charge in [-0.25, -0.2) is 9.55 Å². The van der Waals surface area contributed by atoms with Crippen LogP contribution in [0.25, 0.3) is 0 Å². The van der Waals surface area contributed by atoms with Gasteiger partial charge in [0.2, 0.25) is 53.2 Å². The number of guanidine groups is 1. The molecule has 11 atom stereocenters. The summed E-state index contributed by atoms with van der Waals surface area (Å²) in [4.78, 5) is 162. The molecule has 1 saturated heterocycles. The van der Waals surface area contributed by atoms with E-state index in [1.807, 2.05) is 5.32 Å². The highest BCUT2D eigenvalue weighted by atomic mass is 31.2. The number of carbonyl (C=O) groups is 10. The summed E-state index contributed by atoms with van der Waals surface area (Å²) in [5.74, 6) is -10.8. The lowest BCUT2D eigenvalue weighted by Crippen LogP contribution is -2.63. The Balaban J connectivity index is 2.28. The topological polar surface area (TPSA) is 531 Å². The standard InChI is InChI=1S/C40H68N15O17P/c1-18(2)29(37(66)48-22(14-56)11-21-13-45-17-47-21)52-33(62)24(12-28(42)60)49-36(65)27-8-6-10-55(27)39(68)31(20(4)59)54-35(64)26(16-72-73(69,70)71)51-38(67)30(19(3)58)53-34(63)25(15-57)50-32(61)23(41)7-5-9-46-40(43)44/h13-14,17-20,22-27,29-31,57-59H,5-12,15-16,41H2,1-4H3,(H2,42,60)(H,45,47)(H,48,66)(H,49,65)(H,50,61)(H,51,67)(H,52,62)(H,53,63)(H,54,64)(H4,43,44,46)(H2,69,70,71)/t19-,20-,22+,23+,24+,25+,26+,27+,29+,30+,31+/m1/s1. The Hall–Kier alpha value is -6.67. The van der Waals surface area contributed by atoms with E-state index in [2.05, 4.69) is 51.4 Å². The number of nitrogens with one attached hydrogen (secondary N) is 8. The Kier molecular flexibility index (Phi) is 25.4. The van der Waals surface area contributed by atoms with Crippen LogP contribution < -0.4 is 60.2 Å². The first-order valence-corrected chi connectivity index (χ1v) is 24.2. The molecule has 410 valence electrons. The molecule has 0 unspecified atom stereocenters. The number of primary amides is 1. The Labute approximate surface area is 417 Å². The molecule has 32 nitrogen and oxygen atoms in total. The third-order valence-corrected chi connectivity index (χ3v) is 11.4. The zero-order valence-electron chi connectivity index (χ0n) is 40.5. The molecular weight excluding hydrogens is 994 g/mol. The van der Waals surface area contributed by atoms with Gasteiger partial charge in [-0.15, -0.1) is 0 Å². The van der Waals surface area contributed by atoms with Crippen molar-refractivity contribution in [3.8, 4) is 0 Å². The number of aliphatic hydroxyl groups excluding tert-OH is 3. The second-order valence-corrected chi connectivity index (χ2v) is 18.5. The van der Waals surface area contributed by atoms with Gasteiger partial charge in [0.15, 0.2) is 5.96 Å². The van der Waals surface area contributed by atoms with Gasteiger partial charge < -0.3 is 99.9 Å². The smallest absolute Gasteiger partial charge is 0.394 e. The van der Waals surface area contributed by atoms with Gasteiger partial charge in [-0.05, 0) is 45.4 Å². The van der Waals surface area contributed by atoms with Gasteiger partial charge >= 0.3 is 7.82 Å². The van der Waals surface area contributed by atoms with E-state index in [0.29, 0.717) is 12.0 Å². The lowest BCUT2D eigenvalue weighted by molar-refractivity contribution is -0.145. The summed E-state index contributed by atoms with van der Waals surface area (Å²) in [6, 6.07) is -14.6. The minimum absolute atomic E-state index is 0.0405. The van der Waals surface area contributed by atoms with Crippen molar-refractivity contribution in [2.45, 2.75) is 133 Å². The van der Waals surface area contributed by atoms with Crippen molar-refractivity contribution in [2.24, 2.45) is 33.8 Å². The summed E-state index contributed by atoms with van der Waals surface area (Å²) >= 11 is 0. The number of carbonyl (C=O) groups excluding carboxylic acids is 10. The largest absolute Gasteiger partial charge is 0.469 e. The van der Waals surface area contributed by atoms with Crippen molar-refractivity contribution in [1.29, 1.82) is 0 Å². The third kappa shape index (κ3) is 21.1. The van der Waals surface area contributed by atoms with Gasteiger partial charge in [-0.1, -0.05) is 13.8 Å². The number of nitrogens with zero attached hydrogens (tertiary/aromatic N) is 3. The number of phosphoric ester groups is 1. The quantitative estimate of drug-likeness (QED) is 0.0108. The molecule has 0 aromatic carbocycles. The van der Waals surface area contributed by atoms with E-state index >= 15 is 0 Å². The number of hydrogen-bond donors (Lipinski definition) is 17.